The summed E-state index contributed by atoms with van der Waals surface area (Å²) in [6.07, 6.45) is 1.95. The Morgan fingerprint density at radius 2 is 2.00 bits per heavy atom. The van der Waals surface area contributed by atoms with Crippen LogP contribution in [0, 0.1) is 6.92 Å². The Labute approximate surface area is 132 Å². The van der Waals surface area contributed by atoms with Crippen LogP contribution in [0.25, 0.3) is 0 Å². The molecule has 1 aliphatic heterocycles. The van der Waals surface area contributed by atoms with Crippen molar-refractivity contribution < 1.29 is 13.2 Å². The first-order valence-corrected chi connectivity index (χ1v) is 9.42. The number of sulfonamides is 1. The van der Waals surface area contributed by atoms with Crippen LogP contribution >= 0.6 is 0 Å². The van der Waals surface area contributed by atoms with Gasteiger partial charge in [0, 0.05) is 24.7 Å². The van der Waals surface area contributed by atoms with Crippen LogP contribution in [0.1, 0.15) is 42.1 Å². The lowest BCUT2D eigenvalue weighted by molar-refractivity contribution is 0.0711. The van der Waals surface area contributed by atoms with Gasteiger partial charge in [-0.15, -0.1) is 0 Å². The monoisotopic (exact) mass is 324 g/mol. The van der Waals surface area contributed by atoms with Crippen LogP contribution in [-0.2, 0) is 10.0 Å². The Bertz CT molecular complexity index is 620. The summed E-state index contributed by atoms with van der Waals surface area (Å²) in [5.74, 6) is 0.189. The molecule has 0 radical (unpaired) electrons. The molecule has 1 fully saturated rings. The van der Waals surface area contributed by atoms with E-state index in [4.69, 9.17) is 0 Å². The summed E-state index contributed by atoms with van der Waals surface area (Å²) >= 11 is 0. The first-order valence-electron chi connectivity index (χ1n) is 7.77. The van der Waals surface area contributed by atoms with E-state index in [1.165, 1.54) is 0 Å². The van der Waals surface area contributed by atoms with Crippen LogP contribution in [0.15, 0.2) is 24.3 Å². The van der Waals surface area contributed by atoms with Crippen LogP contribution < -0.4 is 4.72 Å². The summed E-state index contributed by atoms with van der Waals surface area (Å²) in [6.45, 7) is 4.99. The lowest BCUT2D eigenvalue weighted by atomic mass is 10.0. The fourth-order valence-electron chi connectivity index (χ4n) is 2.74. The second-order valence-corrected chi connectivity index (χ2v) is 7.75. The molecule has 1 N–H and O–H groups in total. The molecule has 0 aliphatic carbocycles. The van der Waals surface area contributed by atoms with Crippen molar-refractivity contribution in [2.45, 2.75) is 39.2 Å². The van der Waals surface area contributed by atoms with E-state index >= 15 is 0 Å². The molecule has 1 aromatic rings. The SMILES string of the molecule is CCCS(=O)(=O)NC1CCN(C(=O)c2cccc(C)c2)CC1. The third-order valence-corrected chi connectivity index (χ3v) is 5.50. The number of benzene rings is 1. The maximum absolute atomic E-state index is 12.4. The van der Waals surface area contributed by atoms with Crippen molar-refractivity contribution in [2.24, 2.45) is 0 Å². The first kappa shape index (κ1) is 17.0. The summed E-state index contributed by atoms with van der Waals surface area (Å²) in [5.41, 5.74) is 1.76. The summed E-state index contributed by atoms with van der Waals surface area (Å²) < 4.78 is 26.3. The van der Waals surface area contributed by atoms with Crippen LogP contribution in [0.4, 0.5) is 0 Å². The highest BCUT2D eigenvalue weighted by molar-refractivity contribution is 7.89. The molecule has 1 aromatic carbocycles. The lowest BCUT2D eigenvalue weighted by Crippen LogP contribution is -2.47. The normalized spacial score (nSPS) is 16.7. The number of nitrogens with one attached hydrogen (secondary N) is 1. The number of piperidine rings is 1. The van der Waals surface area contributed by atoms with Crippen molar-refractivity contribution in [1.29, 1.82) is 0 Å². The number of nitrogens with zero attached hydrogens (tertiary/aromatic N) is 1. The van der Waals surface area contributed by atoms with E-state index in [0.717, 1.165) is 5.56 Å². The first-order chi connectivity index (χ1) is 10.4. The molecule has 2 rings (SSSR count). The summed E-state index contributed by atoms with van der Waals surface area (Å²) in [6, 6.07) is 7.50. The van der Waals surface area contributed by atoms with E-state index in [9.17, 15) is 13.2 Å². The van der Waals surface area contributed by atoms with Crippen molar-refractivity contribution in [3.05, 3.63) is 35.4 Å². The van der Waals surface area contributed by atoms with Crippen molar-refractivity contribution in [3.8, 4) is 0 Å². The Kier molecular flexibility index (Phi) is 5.58. The highest BCUT2D eigenvalue weighted by Crippen LogP contribution is 2.15. The van der Waals surface area contributed by atoms with Crippen molar-refractivity contribution in [3.63, 3.8) is 0 Å². The van der Waals surface area contributed by atoms with E-state index in [-0.39, 0.29) is 17.7 Å². The second kappa shape index (κ2) is 7.24. The van der Waals surface area contributed by atoms with Crippen LogP contribution in [0.5, 0.6) is 0 Å². The van der Waals surface area contributed by atoms with Gasteiger partial charge in [0.2, 0.25) is 10.0 Å². The standard InChI is InChI=1S/C16H24N2O3S/c1-3-11-22(20,21)17-15-7-9-18(10-8-15)16(19)14-6-4-5-13(2)12-14/h4-6,12,15,17H,3,7-11H2,1-2H3. The number of aryl methyl sites for hydroxylation is 1. The third kappa shape index (κ3) is 4.55. The van der Waals surface area contributed by atoms with E-state index in [2.05, 4.69) is 4.72 Å². The maximum Gasteiger partial charge on any atom is 0.253 e. The van der Waals surface area contributed by atoms with Gasteiger partial charge in [-0.25, -0.2) is 13.1 Å². The molecule has 0 unspecified atom stereocenters. The topological polar surface area (TPSA) is 66.5 Å². The van der Waals surface area contributed by atoms with Gasteiger partial charge >= 0.3 is 0 Å². The van der Waals surface area contributed by atoms with E-state index in [1.54, 1.807) is 4.90 Å². The number of carbonyl (C=O) groups excluding carboxylic acids is 1. The van der Waals surface area contributed by atoms with Gasteiger partial charge in [0.25, 0.3) is 5.91 Å². The molecule has 1 saturated heterocycles. The van der Waals surface area contributed by atoms with E-state index < -0.39 is 10.0 Å². The molecule has 0 bridgehead atoms. The van der Waals surface area contributed by atoms with Gasteiger partial charge < -0.3 is 4.90 Å². The minimum Gasteiger partial charge on any atom is -0.339 e. The molecular formula is C16H24N2O3S. The minimum absolute atomic E-state index is 0.0264. The molecule has 1 amide bonds. The van der Waals surface area contributed by atoms with Gasteiger partial charge in [0.05, 0.1) is 5.75 Å². The fraction of sp³-hybridized carbons (Fsp3) is 0.562. The molecule has 0 aromatic heterocycles. The highest BCUT2D eigenvalue weighted by atomic mass is 32.2. The molecule has 1 aliphatic rings. The molecule has 22 heavy (non-hydrogen) atoms. The Hall–Kier alpha value is -1.40. The molecule has 0 spiro atoms. The van der Waals surface area contributed by atoms with Gasteiger partial charge in [-0.2, -0.15) is 0 Å². The Balaban J connectivity index is 1.91. The largest absolute Gasteiger partial charge is 0.339 e. The van der Waals surface area contributed by atoms with E-state index in [1.807, 2.05) is 38.1 Å². The quantitative estimate of drug-likeness (QED) is 0.900. The van der Waals surface area contributed by atoms with Crippen LogP contribution in [-0.4, -0.2) is 44.1 Å². The molecule has 1 heterocycles. The third-order valence-electron chi connectivity index (χ3n) is 3.87. The Morgan fingerprint density at radius 1 is 1.32 bits per heavy atom. The Morgan fingerprint density at radius 3 is 2.59 bits per heavy atom. The lowest BCUT2D eigenvalue weighted by Gasteiger charge is -2.32. The van der Waals surface area contributed by atoms with E-state index in [0.29, 0.717) is 37.9 Å². The zero-order chi connectivity index (χ0) is 16.2. The zero-order valence-electron chi connectivity index (χ0n) is 13.2. The second-order valence-electron chi connectivity index (χ2n) is 5.87. The maximum atomic E-state index is 12.4. The molecule has 122 valence electrons. The average molecular weight is 324 g/mol. The van der Waals surface area contributed by atoms with Crippen molar-refractivity contribution >= 4 is 15.9 Å². The van der Waals surface area contributed by atoms with Gasteiger partial charge in [-0.05, 0) is 38.3 Å². The van der Waals surface area contributed by atoms with Gasteiger partial charge in [0.15, 0.2) is 0 Å². The van der Waals surface area contributed by atoms with Gasteiger partial charge in [-0.3, -0.25) is 4.79 Å². The van der Waals surface area contributed by atoms with Crippen molar-refractivity contribution in [2.75, 3.05) is 18.8 Å². The number of amides is 1. The number of carbonyl (C=O) groups is 1. The summed E-state index contributed by atoms with van der Waals surface area (Å²) in [5, 5.41) is 0. The molecular weight excluding hydrogens is 300 g/mol. The predicted molar refractivity (Wildman–Crippen MR) is 87.3 cm³/mol. The molecule has 6 heteroatoms. The molecule has 0 atom stereocenters. The summed E-state index contributed by atoms with van der Waals surface area (Å²) in [4.78, 5) is 14.2. The number of likely N-dealkylation sites (tertiary alicyclic amines) is 1. The molecule has 5 nitrogen and oxygen atoms in total. The van der Waals surface area contributed by atoms with Gasteiger partial charge in [-0.1, -0.05) is 24.6 Å². The summed E-state index contributed by atoms with van der Waals surface area (Å²) in [7, 11) is -3.18. The predicted octanol–water partition coefficient (Wildman–Crippen LogP) is 1.93. The number of hydrogen-bond donors (Lipinski definition) is 1. The smallest absolute Gasteiger partial charge is 0.253 e. The van der Waals surface area contributed by atoms with Crippen LogP contribution in [0.2, 0.25) is 0 Å². The zero-order valence-corrected chi connectivity index (χ0v) is 14.0. The number of hydrogen-bond acceptors (Lipinski definition) is 3. The highest BCUT2D eigenvalue weighted by Gasteiger charge is 2.26. The van der Waals surface area contributed by atoms with Crippen molar-refractivity contribution in [1.82, 2.24) is 9.62 Å². The minimum atomic E-state index is -3.18. The van der Waals surface area contributed by atoms with Gasteiger partial charge in [0.1, 0.15) is 0 Å². The number of rotatable bonds is 5. The van der Waals surface area contributed by atoms with Crippen LogP contribution in [0.3, 0.4) is 0 Å². The average Bonchev–Trinajstić information content (AvgIpc) is 2.47. The molecule has 0 saturated carbocycles. The fourth-order valence-corrected chi connectivity index (χ4v) is 4.14.